The molecule has 0 aliphatic heterocycles. The summed E-state index contributed by atoms with van der Waals surface area (Å²) in [6, 6.07) is 6.85. The van der Waals surface area contributed by atoms with E-state index in [4.69, 9.17) is 5.73 Å². The zero-order valence-electron chi connectivity index (χ0n) is 11.0. The predicted molar refractivity (Wildman–Crippen MR) is 70.3 cm³/mol. The minimum Gasteiger partial charge on any atom is -0.326 e. The molecule has 17 heavy (non-hydrogen) atoms. The van der Waals surface area contributed by atoms with E-state index < -0.39 is 0 Å². The van der Waals surface area contributed by atoms with Gasteiger partial charge in [-0.05, 0) is 44.1 Å². The average Bonchev–Trinajstić information content (AvgIpc) is 2.28. The van der Waals surface area contributed by atoms with Gasteiger partial charge in [-0.15, -0.1) is 0 Å². The van der Waals surface area contributed by atoms with Crippen LogP contribution in [-0.2, 0) is 0 Å². The Labute approximate surface area is 104 Å². The second-order valence-corrected chi connectivity index (χ2v) is 4.49. The highest BCUT2D eigenvalue weighted by molar-refractivity contribution is 5.21. The van der Waals surface area contributed by atoms with E-state index >= 15 is 0 Å². The monoisotopic (exact) mass is 238 g/mol. The van der Waals surface area contributed by atoms with Crippen LogP contribution in [0.25, 0.3) is 0 Å². The molecule has 0 aliphatic rings. The van der Waals surface area contributed by atoms with Crippen LogP contribution in [0.2, 0.25) is 0 Å². The Morgan fingerprint density at radius 1 is 1.35 bits per heavy atom. The van der Waals surface area contributed by atoms with Crippen LogP contribution in [0.5, 0.6) is 0 Å². The van der Waals surface area contributed by atoms with Crippen LogP contribution in [0.4, 0.5) is 4.39 Å². The summed E-state index contributed by atoms with van der Waals surface area (Å²) >= 11 is 0. The van der Waals surface area contributed by atoms with E-state index in [-0.39, 0.29) is 17.9 Å². The Kier molecular flexibility index (Phi) is 5.59. The molecule has 0 aliphatic carbocycles. The van der Waals surface area contributed by atoms with Crippen LogP contribution >= 0.6 is 0 Å². The lowest BCUT2D eigenvalue weighted by Crippen LogP contribution is -2.39. The van der Waals surface area contributed by atoms with Gasteiger partial charge in [0.05, 0.1) is 0 Å². The van der Waals surface area contributed by atoms with E-state index in [1.54, 1.807) is 12.1 Å². The highest BCUT2D eigenvalue weighted by Gasteiger charge is 2.22. The molecule has 0 amide bonds. The van der Waals surface area contributed by atoms with Gasteiger partial charge in [0.15, 0.2) is 0 Å². The molecule has 0 saturated carbocycles. The molecule has 1 aromatic carbocycles. The molecule has 2 unspecified atom stereocenters. The van der Waals surface area contributed by atoms with Gasteiger partial charge in [-0.1, -0.05) is 26.0 Å². The zero-order valence-corrected chi connectivity index (χ0v) is 11.0. The number of nitrogens with two attached hydrogens (primary N) is 1. The molecule has 0 aromatic heterocycles. The van der Waals surface area contributed by atoms with E-state index in [0.29, 0.717) is 0 Å². The summed E-state index contributed by atoms with van der Waals surface area (Å²) in [5.41, 5.74) is 7.03. The number of hydrogen-bond donors (Lipinski definition) is 1. The first kappa shape index (κ1) is 14.1. The first-order valence-electron chi connectivity index (χ1n) is 6.35. The molecule has 0 radical (unpaired) electrons. The quantitative estimate of drug-likeness (QED) is 0.825. The van der Waals surface area contributed by atoms with Crippen molar-refractivity contribution >= 4 is 0 Å². The third kappa shape index (κ3) is 3.79. The van der Waals surface area contributed by atoms with Crippen LogP contribution in [-0.4, -0.2) is 24.0 Å². The van der Waals surface area contributed by atoms with Crippen LogP contribution in [0.3, 0.4) is 0 Å². The molecule has 0 spiro atoms. The summed E-state index contributed by atoms with van der Waals surface area (Å²) in [4.78, 5) is 2.31. The van der Waals surface area contributed by atoms with E-state index in [0.717, 1.165) is 25.1 Å². The SMILES string of the molecule is CCCN(CC)C(c1cccc(F)c1)C(C)N. The van der Waals surface area contributed by atoms with Crippen molar-refractivity contribution in [2.24, 2.45) is 5.73 Å². The fraction of sp³-hybridized carbons (Fsp3) is 0.571. The maximum absolute atomic E-state index is 13.3. The highest BCUT2D eigenvalue weighted by atomic mass is 19.1. The highest BCUT2D eigenvalue weighted by Crippen LogP contribution is 2.24. The fourth-order valence-electron chi connectivity index (χ4n) is 2.32. The summed E-state index contributed by atoms with van der Waals surface area (Å²) in [7, 11) is 0. The van der Waals surface area contributed by atoms with Gasteiger partial charge in [0, 0.05) is 12.1 Å². The van der Waals surface area contributed by atoms with Crippen LogP contribution in [0, 0.1) is 5.82 Å². The van der Waals surface area contributed by atoms with Gasteiger partial charge in [-0.3, -0.25) is 4.90 Å². The molecule has 0 fully saturated rings. The first-order chi connectivity index (χ1) is 8.10. The van der Waals surface area contributed by atoms with Gasteiger partial charge in [0.2, 0.25) is 0 Å². The molecule has 2 nitrogen and oxygen atoms in total. The van der Waals surface area contributed by atoms with Crippen molar-refractivity contribution in [3.8, 4) is 0 Å². The topological polar surface area (TPSA) is 29.3 Å². The Morgan fingerprint density at radius 2 is 2.06 bits per heavy atom. The van der Waals surface area contributed by atoms with Gasteiger partial charge in [0.1, 0.15) is 5.82 Å². The molecule has 3 heteroatoms. The normalized spacial score (nSPS) is 14.9. The molecule has 1 aromatic rings. The maximum Gasteiger partial charge on any atom is 0.123 e. The predicted octanol–water partition coefficient (Wildman–Crippen LogP) is 2.95. The fourth-order valence-corrected chi connectivity index (χ4v) is 2.32. The van der Waals surface area contributed by atoms with Crippen LogP contribution in [0.1, 0.15) is 38.8 Å². The van der Waals surface area contributed by atoms with Gasteiger partial charge in [0.25, 0.3) is 0 Å². The molecule has 2 N–H and O–H groups in total. The lowest BCUT2D eigenvalue weighted by molar-refractivity contribution is 0.185. The Hall–Kier alpha value is -0.930. The molecule has 0 saturated heterocycles. The largest absolute Gasteiger partial charge is 0.326 e. The standard InChI is InChI=1S/C14H23FN2/c1-4-9-17(5-2)14(11(3)16)12-7-6-8-13(15)10-12/h6-8,10-11,14H,4-5,9,16H2,1-3H3. The number of hydrogen-bond acceptors (Lipinski definition) is 2. The van der Waals surface area contributed by atoms with Crippen molar-refractivity contribution in [3.05, 3.63) is 35.6 Å². The molecular formula is C14H23FN2. The molecule has 0 bridgehead atoms. The summed E-state index contributed by atoms with van der Waals surface area (Å²) < 4.78 is 13.3. The number of halogens is 1. The van der Waals surface area contributed by atoms with Crippen LogP contribution in [0.15, 0.2) is 24.3 Å². The summed E-state index contributed by atoms with van der Waals surface area (Å²) in [6.45, 7) is 8.15. The van der Waals surface area contributed by atoms with Gasteiger partial charge in [-0.2, -0.15) is 0 Å². The third-order valence-corrected chi connectivity index (χ3v) is 3.00. The van der Waals surface area contributed by atoms with Gasteiger partial charge in [-0.25, -0.2) is 4.39 Å². The minimum absolute atomic E-state index is 0.0108. The Morgan fingerprint density at radius 3 is 2.53 bits per heavy atom. The van der Waals surface area contributed by atoms with Crippen molar-refractivity contribution in [2.75, 3.05) is 13.1 Å². The van der Waals surface area contributed by atoms with E-state index in [2.05, 4.69) is 18.7 Å². The second kappa shape index (κ2) is 6.72. The third-order valence-electron chi connectivity index (χ3n) is 3.00. The molecule has 0 heterocycles. The lowest BCUT2D eigenvalue weighted by atomic mass is 9.99. The van der Waals surface area contributed by atoms with Gasteiger partial charge < -0.3 is 5.73 Å². The van der Waals surface area contributed by atoms with E-state index in [1.165, 1.54) is 6.07 Å². The number of rotatable bonds is 6. The molecular weight excluding hydrogens is 215 g/mol. The number of nitrogens with zero attached hydrogens (tertiary/aromatic N) is 1. The molecule has 2 atom stereocenters. The average molecular weight is 238 g/mol. The molecule has 96 valence electrons. The van der Waals surface area contributed by atoms with Crippen molar-refractivity contribution in [2.45, 2.75) is 39.3 Å². The minimum atomic E-state index is -0.194. The number of likely N-dealkylation sites (N-methyl/N-ethyl adjacent to an activating group) is 1. The zero-order chi connectivity index (χ0) is 12.8. The van der Waals surface area contributed by atoms with Crippen molar-refractivity contribution in [1.29, 1.82) is 0 Å². The smallest absolute Gasteiger partial charge is 0.123 e. The van der Waals surface area contributed by atoms with E-state index in [9.17, 15) is 4.39 Å². The second-order valence-electron chi connectivity index (χ2n) is 4.49. The summed E-state index contributed by atoms with van der Waals surface area (Å²) in [6.07, 6.45) is 1.08. The van der Waals surface area contributed by atoms with Gasteiger partial charge >= 0.3 is 0 Å². The summed E-state index contributed by atoms with van der Waals surface area (Å²) in [5.74, 6) is -0.194. The van der Waals surface area contributed by atoms with Crippen molar-refractivity contribution < 1.29 is 4.39 Å². The Balaban J connectivity index is 2.99. The van der Waals surface area contributed by atoms with E-state index in [1.807, 2.05) is 13.0 Å². The first-order valence-corrected chi connectivity index (χ1v) is 6.35. The lowest BCUT2D eigenvalue weighted by Gasteiger charge is -2.33. The number of benzene rings is 1. The van der Waals surface area contributed by atoms with Crippen molar-refractivity contribution in [3.63, 3.8) is 0 Å². The maximum atomic E-state index is 13.3. The van der Waals surface area contributed by atoms with Crippen molar-refractivity contribution in [1.82, 2.24) is 4.90 Å². The molecule has 1 rings (SSSR count). The Bertz CT molecular complexity index is 339. The van der Waals surface area contributed by atoms with Crippen LogP contribution < -0.4 is 5.73 Å². The summed E-state index contributed by atoms with van der Waals surface area (Å²) in [5, 5.41) is 0.